The first-order valence-corrected chi connectivity index (χ1v) is 11.3. The van der Waals surface area contributed by atoms with Crippen molar-refractivity contribution in [2.75, 3.05) is 0 Å². The molecule has 0 unspecified atom stereocenters. The van der Waals surface area contributed by atoms with Crippen LogP contribution in [-0.4, -0.2) is 35.5 Å². The van der Waals surface area contributed by atoms with Crippen LogP contribution in [0, 0.1) is 27.7 Å². The van der Waals surface area contributed by atoms with E-state index in [9.17, 15) is 5.11 Å². The minimum Gasteiger partial charge on any atom is -0.508 e. The first-order valence-electron chi connectivity index (χ1n) is 11.3. The molecule has 35 heavy (non-hydrogen) atoms. The Balaban J connectivity index is 1.79. The fraction of sp³-hybridized carbons (Fsp3) is 0.143. The zero-order valence-electron chi connectivity index (χ0n) is 20.0. The van der Waals surface area contributed by atoms with Crippen LogP contribution in [-0.2, 0) is 0 Å². The summed E-state index contributed by atoms with van der Waals surface area (Å²) in [6.07, 6.45) is 1.56. The van der Waals surface area contributed by atoms with Gasteiger partial charge in [0.25, 0.3) is 0 Å². The van der Waals surface area contributed by atoms with Crippen molar-refractivity contribution in [2.24, 2.45) is 0 Å². The molecule has 0 bridgehead atoms. The summed E-state index contributed by atoms with van der Waals surface area (Å²) in [5.74, 6) is 1.77. The predicted molar refractivity (Wildman–Crippen MR) is 136 cm³/mol. The normalized spacial score (nSPS) is 11.0. The maximum absolute atomic E-state index is 10.2. The van der Waals surface area contributed by atoms with Crippen LogP contribution in [0.25, 0.3) is 45.4 Å². The van der Waals surface area contributed by atoms with Crippen molar-refractivity contribution in [3.05, 3.63) is 89.1 Å². The van der Waals surface area contributed by atoms with Gasteiger partial charge in [-0.1, -0.05) is 47.5 Å². The molecule has 5 rings (SSSR count). The fourth-order valence-corrected chi connectivity index (χ4v) is 4.19. The SMILES string of the molecule is Cc1ccc(-c2nc(-c3ccc(C)cc3C)nc(-c3ccc(O)cc3-c3ccnnn3)n2)c(C)c1. The Morgan fingerprint density at radius 3 is 1.63 bits per heavy atom. The van der Waals surface area contributed by atoms with Crippen LogP contribution < -0.4 is 0 Å². The van der Waals surface area contributed by atoms with Gasteiger partial charge in [-0.15, -0.1) is 10.2 Å². The molecular formula is C28H24N6O. The van der Waals surface area contributed by atoms with E-state index in [1.807, 2.05) is 12.1 Å². The van der Waals surface area contributed by atoms with Gasteiger partial charge in [0.15, 0.2) is 17.5 Å². The largest absolute Gasteiger partial charge is 0.508 e. The van der Waals surface area contributed by atoms with Crippen LogP contribution in [0.1, 0.15) is 22.3 Å². The van der Waals surface area contributed by atoms with Crippen LogP contribution in [0.5, 0.6) is 5.75 Å². The van der Waals surface area contributed by atoms with Gasteiger partial charge in [-0.05, 0) is 68.3 Å². The van der Waals surface area contributed by atoms with Gasteiger partial charge in [-0.3, -0.25) is 0 Å². The van der Waals surface area contributed by atoms with Gasteiger partial charge >= 0.3 is 0 Å². The number of nitrogens with zero attached hydrogens (tertiary/aromatic N) is 6. The lowest BCUT2D eigenvalue weighted by molar-refractivity contribution is 0.475. The van der Waals surface area contributed by atoms with E-state index in [1.54, 1.807) is 30.5 Å². The summed E-state index contributed by atoms with van der Waals surface area (Å²) >= 11 is 0. The number of aromatic nitrogens is 6. The molecule has 0 fully saturated rings. The van der Waals surface area contributed by atoms with Crippen LogP contribution in [0.3, 0.4) is 0 Å². The van der Waals surface area contributed by atoms with Gasteiger partial charge in [0.1, 0.15) is 5.75 Å². The quantitative estimate of drug-likeness (QED) is 0.369. The molecule has 5 aromatic rings. The molecule has 0 atom stereocenters. The summed E-state index contributed by atoms with van der Waals surface area (Å²) in [4.78, 5) is 14.7. The Kier molecular flexibility index (Phi) is 5.74. The number of phenols is 1. The highest BCUT2D eigenvalue weighted by Crippen LogP contribution is 2.34. The van der Waals surface area contributed by atoms with E-state index in [0.717, 1.165) is 22.3 Å². The minimum atomic E-state index is 0.112. The van der Waals surface area contributed by atoms with Gasteiger partial charge in [-0.25, -0.2) is 15.0 Å². The Morgan fingerprint density at radius 2 is 1.11 bits per heavy atom. The highest BCUT2D eigenvalue weighted by molar-refractivity contribution is 5.81. The van der Waals surface area contributed by atoms with Crippen LogP contribution >= 0.6 is 0 Å². The topological polar surface area (TPSA) is 97.6 Å². The molecule has 0 spiro atoms. The van der Waals surface area contributed by atoms with Gasteiger partial charge in [-0.2, -0.15) is 0 Å². The van der Waals surface area contributed by atoms with E-state index in [0.29, 0.717) is 34.3 Å². The van der Waals surface area contributed by atoms with Gasteiger partial charge in [0, 0.05) is 22.3 Å². The molecule has 0 saturated carbocycles. The predicted octanol–water partition coefficient (Wildman–Crippen LogP) is 5.66. The molecule has 7 heteroatoms. The minimum absolute atomic E-state index is 0.112. The van der Waals surface area contributed by atoms with Crippen molar-refractivity contribution in [3.63, 3.8) is 0 Å². The lowest BCUT2D eigenvalue weighted by atomic mass is 10.0. The second kappa shape index (κ2) is 9.02. The summed E-state index contributed by atoms with van der Waals surface area (Å²) in [5.41, 5.74) is 8.32. The Morgan fingerprint density at radius 1 is 0.571 bits per heavy atom. The lowest BCUT2D eigenvalue weighted by Gasteiger charge is -2.13. The molecule has 0 aliphatic heterocycles. The third-order valence-corrected chi connectivity index (χ3v) is 5.90. The molecular weight excluding hydrogens is 436 g/mol. The van der Waals surface area contributed by atoms with Gasteiger partial charge < -0.3 is 5.11 Å². The molecule has 0 radical (unpaired) electrons. The lowest BCUT2D eigenvalue weighted by Crippen LogP contribution is -2.03. The zero-order chi connectivity index (χ0) is 24.5. The highest BCUT2D eigenvalue weighted by Gasteiger charge is 2.18. The molecule has 0 amide bonds. The van der Waals surface area contributed by atoms with E-state index in [1.165, 1.54) is 11.1 Å². The average Bonchev–Trinajstić information content (AvgIpc) is 2.84. The van der Waals surface area contributed by atoms with E-state index in [4.69, 9.17) is 15.0 Å². The zero-order valence-corrected chi connectivity index (χ0v) is 20.0. The van der Waals surface area contributed by atoms with Crippen molar-refractivity contribution in [1.82, 2.24) is 30.4 Å². The smallest absolute Gasteiger partial charge is 0.164 e. The van der Waals surface area contributed by atoms with Crippen LogP contribution in [0.4, 0.5) is 0 Å². The van der Waals surface area contributed by atoms with Crippen molar-refractivity contribution < 1.29 is 5.11 Å². The average molecular weight is 461 g/mol. The van der Waals surface area contributed by atoms with E-state index in [-0.39, 0.29) is 5.75 Å². The summed E-state index contributed by atoms with van der Waals surface area (Å²) < 4.78 is 0. The first kappa shape index (κ1) is 22.3. The van der Waals surface area contributed by atoms with E-state index >= 15 is 0 Å². The molecule has 1 N–H and O–H groups in total. The van der Waals surface area contributed by atoms with E-state index < -0.39 is 0 Å². The maximum Gasteiger partial charge on any atom is 0.164 e. The number of phenolic OH excluding ortho intramolecular Hbond substituents is 1. The van der Waals surface area contributed by atoms with Crippen molar-refractivity contribution >= 4 is 0 Å². The number of aromatic hydroxyl groups is 1. The Bertz CT molecular complexity index is 1480. The summed E-state index contributed by atoms with van der Waals surface area (Å²) in [6.45, 7) is 8.24. The monoisotopic (exact) mass is 460 g/mol. The van der Waals surface area contributed by atoms with Gasteiger partial charge in [0.2, 0.25) is 0 Å². The third kappa shape index (κ3) is 4.48. The summed E-state index contributed by atoms with van der Waals surface area (Å²) in [7, 11) is 0. The molecule has 3 aromatic carbocycles. The Labute approximate surface area is 203 Å². The molecule has 0 saturated heterocycles. The van der Waals surface area contributed by atoms with E-state index in [2.05, 4.69) is 67.4 Å². The molecule has 2 aromatic heterocycles. The number of aryl methyl sites for hydroxylation is 4. The number of rotatable bonds is 4. The molecule has 172 valence electrons. The van der Waals surface area contributed by atoms with Gasteiger partial charge in [0.05, 0.1) is 11.9 Å². The van der Waals surface area contributed by atoms with Crippen LogP contribution in [0.2, 0.25) is 0 Å². The Hall–Kier alpha value is -4.52. The summed E-state index contributed by atoms with van der Waals surface area (Å²) in [6, 6.07) is 19.2. The first-order chi connectivity index (χ1) is 16.9. The fourth-order valence-electron chi connectivity index (χ4n) is 4.19. The molecule has 0 aliphatic carbocycles. The van der Waals surface area contributed by atoms with Crippen molar-refractivity contribution in [3.8, 4) is 51.2 Å². The summed E-state index contributed by atoms with van der Waals surface area (Å²) in [5, 5.41) is 21.9. The third-order valence-electron chi connectivity index (χ3n) is 5.90. The maximum atomic E-state index is 10.2. The standard InChI is InChI=1S/C28H24N6O/c1-16-5-8-21(18(3)13-16)26-30-27(22-9-6-17(2)14-19(22)4)32-28(31-26)23-10-7-20(35)15-24(23)25-11-12-29-34-33-25/h5-15,35H,1-4H3. The molecule has 2 heterocycles. The number of hydrogen-bond donors (Lipinski definition) is 1. The molecule has 0 aliphatic rings. The second-order valence-electron chi connectivity index (χ2n) is 8.68. The van der Waals surface area contributed by atoms with Crippen molar-refractivity contribution in [1.29, 1.82) is 0 Å². The highest BCUT2D eigenvalue weighted by atomic mass is 16.3. The molecule has 7 nitrogen and oxygen atoms in total. The number of benzene rings is 3. The van der Waals surface area contributed by atoms with Crippen molar-refractivity contribution in [2.45, 2.75) is 27.7 Å². The number of hydrogen-bond acceptors (Lipinski definition) is 7. The van der Waals surface area contributed by atoms with Crippen LogP contribution in [0.15, 0.2) is 66.9 Å². The second-order valence-corrected chi connectivity index (χ2v) is 8.68.